The number of rotatable bonds is 4. The molecule has 0 radical (unpaired) electrons. The van der Waals surface area contributed by atoms with Gasteiger partial charge in [0.05, 0.1) is 12.8 Å². The van der Waals surface area contributed by atoms with Crippen LogP contribution in [-0.4, -0.2) is 42.6 Å². The van der Waals surface area contributed by atoms with Crippen molar-refractivity contribution >= 4 is 5.97 Å². The fourth-order valence-electron chi connectivity index (χ4n) is 2.50. The molecule has 0 amide bonds. The van der Waals surface area contributed by atoms with Crippen LogP contribution >= 0.6 is 0 Å². The van der Waals surface area contributed by atoms with Gasteiger partial charge in [0, 0.05) is 13.1 Å². The molecule has 0 aliphatic carbocycles. The Bertz CT molecular complexity index is 436. The fraction of sp³-hybridized carbons (Fsp3) is 0.571. The van der Waals surface area contributed by atoms with Crippen LogP contribution in [-0.2, 0) is 11.3 Å². The van der Waals surface area contributed by atoms with E-state index in [4.69, 9.17) is 5.73 Å². The normalized spacial score (nSPS) is 20.2. The van der Waals surface area contributed by atoms with Crippen molar-refractivity contribution in [2.45, 2.75) is 19.4 Å². The molecule has 1 unspecified atom stereocenters. The quantitative estimate of drug-likeness (QED) is 0.822. The molecule has 1 aromatic heterocycles. The van der Waals surface area contributed by atoms with Gasteiger partial charge in [-0.05, 0) is 44.0 Å². The van der Waals surface area contributed by atoms with Gasteiger partial charge < -0.3 is 10.5 Å². The average Bonchev–Trinajstić information content (AvgIpc) is 2.47. The van der Waals surface area contributed by atoms with E-state index in [9.17, 15) is 4.79 Å². The smallest absolute Gasteiger partial charge is 0.356 e. The fourth-order valence-corrected chi connectivity index (χ4v) is 2.50. The van der Waals surface area contributed by atoms with Crippen molar-refractivity contribution < 1.29 is 9.53 Å². The zero-order valence-electron chi connectivity index (χ0n) is 11.3. The van der Waals surface area contributed by atoms with E-state index in [1.807, 2.05) is 12.1 Å². The summed E-state index contributed by atoms with van der Waals surface area (Å²) in [6.45, 7) is 3.59. The average molecular weight is 263 g/mol. The molecule has 19 heavy (non-hydrogen) atoms. The van der Waals surface area contributed by atoms with Gasteiger partial charge in [-0.3, -0.25) is 4.90 Å². The molecule has 0 aromatic carbocycles. The number of likely N-dealkylation sites (tertiary alicyclic amines) is 1. The van der Waals surface area contributed by atoms with Crippen LogP contribution in [0.3, 0.4) is 0 Å². The molecular formula is C14H21N3O2. The third-order valence-corrected chi connectivity index (χ3v) is 3.52. The predicted molar refractivity (Wildman–Crippen MR) is 72.6 cm³/mol. The number of piperidine rings is 1. The number of hydrogen-bond donors (Lipinski definition) is 1. The molecule has 1 aromatic rings. The molecule has 1 saturated heterocycles. The molecule has 5 heteroatoms. The Balaban J connectivity index is 2.00. The lowest BCUT2D eigenvalue weighted by molar-refractivity contribution is 0.0593. The molecular weight excluding hydrogens is 242 g/mol. The lowest BCUT2D eigenvalue weighted by Gasteiger charge is -2.31. The zero-order valence-corrected chi connectivity index (χ0v) is 11.3. The van der Waals surface area contributed by atoms with Gasteiger partial charge in [0.1, 0.15) is 5.69 Å². The maximum absolute atomic E-state index is 11.4. The van der Waals surface area contributed by atoms with Gasteiger partial charge in [0.15, 0.2) is 0 Å². The number of methoxy groups -OCH3 is 1. The van der Waals surface area contributed by atoms with Gasteiger partial charge >= 0.3 is 5.97 Å². The molecule has 2 rings (SSSR count). The van der Waals surface area contributed by atoms with E-state index in [0.717, 1.165) is 31.9 Å². The molecule has 104 valence electrons. The second-order valence-corrected chi connectivity index (χ2v) is 4.98. The number of aromatic nitrogens is 1. The van der Waals surface area contributed by atoms with E-state index in [0.29, 0.717) is 11.6 Å². The molecule has 0 saturated carbocycles. The summed E-state index contributed by atoms with van der Waals surface area (Å²) >= 11 is 0. The second-order valence-electron chi connectivity index (χ2n) is 4.98. The van der Waals surface area contributed by atoms with Gasteiger partial charge in [0.2, 0.25) is 0 Å². The van der Waals surface area contributed by atoms with Crippen LogP contribution in [0.25, 0.3) is 0 Å². The first-order valence-corrected chi connectivity index (χ1v) is 6.69. The van der Waals surface area contributed by atoms with Gasteiger partial charge in [-0.15, -0.1) is 0 Å². The number of nitrogens with zero attached hydrogens (tertiary/aromatic N) is 2. The Labute approximate surface area is 113 Å². The van der Waals surface area contributed by atoms with Gasteiger partial charge in [-0.2, -0.15) is 0 Å². The van der Waals surface area contributed by atoms with Crippen molar-refractivity contribution in [1.29, 1.82) is 0 Å². The summed E-state index contributed by atoms with van der Waals surface area (Å²) in [5, 5.41) is 0. The summed E-state index contributed by atoms with van der Waals surface area (Å²) in [7, 11) is 1.37. The number of hydrogen-bond acceptors (Lipinski definition) is 5. The molecule has 0 bridgehead atoms. The van der Waals surface area contributed by atoms with E-state index >= 15 is 0 Å². The molecule has 1 aliphatic heterocycles. The summed E-state index contributed by atoms with van der Waals surface area (Å²) in [4.78, 5) is 18.1. The van der Waals surface area contributed by atoms with Gasteiger partial charge in [0.25, 0.3) is 0 Å². The van der Waals surface area contributed by atoms with Crippen molar-refractivity contribution in [3.8, 4) is 0 Å². The van der Waals surface area contributed by atoms with E-state index < -0.39 is 0 Å². The van der Waals surface area contributed by atoms with Crippen molar-refractivity contribution in [2.24, 2.45) is 11.7 Å². The first kappa shape index (κ1) is 14.0. The Morgan fingerprint density at radius 2 is 2.42 bits per heavy atom. The second kappa shape index (κ2) is 6.63. The number of carbonyl (C=O) groups is 1. The van der Waals surface area contributed by atoms with Crippen molar-refractivity contribution in [3.05, 3.63) is 29.6 Å². The summed E-state index contributed by atoms with van der Waals surface area (Å²) < 4.78 is 4.68. The van der Waals surface area contributed by atoms with Crippen LogP contribution in [0.2, 0.25) is 0 Å². The summed E-state index contributed by atoms with van der Waals surface area (Å²) in [5.74, 6) is 0.192. The van der Waals surface area contributed by atoms with Crippen molar-refractivity contribution in [1.82, 2.24) is 9.88 Å². The molecule has 1 aliphatic rings. The van der Waals surface area contributed by atoms with Crippen LogP contribution in [0.15, 0.2) is 18.2 Å². The monoisotopic (exact) mass is 263 g/mol. The maximum Gasteiger partial charge on any atom is 0.356 e. The lowest BCUT2D eigenvalue weighted by Crippen LogP contribution is -2.38. The standard InChI is InChI=1S/C14H21N3O2/c1-19-14(18)13-6-2-5-12(16-13)10-17-7-3-4-11(8-15)9-17/h2,5-6,11H,3-4,7-10,15H2,1H3. The highest BCUT2D eigenvalue weighted by Crippen LogP contribution is 2.17. The largest absolute Gasteiger partial charge is 0.464 e. The Kier molecular flexibility index (Phi) is 4.87. The lowest BCUT2D eigenvalue weighted by atomic mass is 9.98. The Morgan fingerprint density at radius 1 is 1.58 bits per heavy atom. The first-order chi connectivity index (χ1) is 9.22. The van der Waals surface area contributed by atoms with E-state index in [1.54, 1.807) is 6.07 Å². The summed E-state index contributed by atoms with van der Waals surface area (Å²) in [5.41, 5.74) is 7.01. The van der Waals surface area contributed by atoms with E-state index in [1.165, 1.54) is 20.0 Å². The number of pyridine rings is 1. The van der Waals surface area contributed by atoms with E-state index in [2.05, 4.69) is 14.6 Å². The minimum absolute atomic E-state index is 0.368. The molecule has 2 N–H and O–H groups in total. The van der Waals surface area contributed by atoms with Gasteiger partial charge in [-0.1, -0.05) is 6.07 Å². The van der Waals surface area contributed by atoms with Crippen LogP contribution in [0.4, 0.5) is 0 Å². The summed E-state index contributed by atoms with van der Waals surface area (Å²) in [6.07, 6.45) is 2.39. The molecule has 5 nitrogen and oxygen atoms in total. The van der Waals surface area contributed by atoms with Crippen molar-refractivity contribution in [3.63, 3.8) is 0 Å². The summed E-state index contributed by atoms with van der Waals surface area (Å²) in [6, 6.07) is 5.46. The Hall–Kier alpha value is -1.46. The van der Waals surface area contributed by atoms with Crippen LogP contribution in [0.1, 0.15) is 29.0 Å². The van der Waals surface area contributed by atoms with Crippen LogP contribution in [0.5, 0.6) is 0 Å². The highest BCUT2D eigenvalue weighted by molar-refractivity contribution is 5.87. The van der Waals surface area contributed by atoms with E-state index in [-0.39, 0.29) is 5.97 Å². The number of nitrogens with two attached hydrogens (primary N) is 1. The third kappa shape index (κ3) is 3.75. The molecule has 2 heterocycles. The topological polar surface area (TPSA) is 68.5 Å². The minimum atomic E-state index is -0.389. The van der Waals surface area contributed by atoms with Gasteiger partial charge in [-0.25, -0.2) is 9.78 Å². The predicted octanol–water partition coefficient (Wildman–Crippen LogP) is 1.04. The number of esters is 1. The maximum atomic E-state index is 11.4. The zero-order chi connectivity index (χ0) is 13.7. The first-order valence-electron chi connectivity index (χ1n) is 6.69. The van der Waals surface area contributed by atoms with Crippen molar-refractivity contribution in [2.75, 3.05) is 26.7 Å². The number of carbonyl (C=O) groups excluding carboxylic acids is 1. The molecule has 0 spiro atoms. The Morgan fingerprint density at radius 3 is 3.16 bits per heavy atom. The third-order valence-electron chi connectivity index (χ3n) is 3.52. The molecule has 1 atom stereocenters. The minimum Gasteiger partial charge on any atom is -0.464 e. The van der Waals surface area contributed by atoms with Crippen LogP contribution in [0, 0.1) is 5.92 Å². The molecule has 1 fully saturated rings. The highest BCUT2D eigenvalue weighted by Gasteiger charge is 2.19. The number of ether oxygens (including phenoxy) is 1. The van der Waals surface area contributed by atoms with Crippen LogP contribution < -0.4 is 5.73 Å². The SMILES string of the molecule is COC(=O)c1cccc(CN2CCCC(CN)C2)n1. The highest BCUT2D eigenvalue weighted by atomic mass is 16.5.